The van der Waals surface area contributed by atoms with E-state index in [9.17, 15) is 198 Å². The van der Waals surface area contributed by atoms with Crippen molar-refractivity contribution in [3.05, 3.63) is 0 Å². The summed E-state index contributed by atoms with van der Waals surface area (Å²) >= 11 is 0. The number of fused-ring (bicyclic) bond motifs is 3. The van der Waals surface area contributed by atoms with Gasteiger partial charge in [-0.1, -0.05) is 0 Å². The standard InChI is InChI=1S/C84H144N4O60/c1-24(95)85-41-26(97)9-83(79(124)125,144-66(41)47(109)30(101)15-89)146-68-50(112)36(17-91)133-76(60(68)122)139-63-38(19-93)135-72(58(120)54(63)116)128-21-32(103)45(107)43(105)28(99)11-87(7)13-34-49(111)52(114)56(118)75(131-34)138-62-35(132-74(57(119)53(62)115)130-23-40-65-70(142-81(3,4)141-65)71-78(137-40)148-82(5,6)143-71)14-88(8)12-29(100)44(106)46(108)33(104)22-129-73-59(121)55(117)64(39(20-94)136-73)140-77-61(123)69(51(113)37(18-92)134-77)147-84(80(126)127)10-27(98)42(86-25(2)96)67(145-84)48(110)31(102)16-90/h26-78,89-94,97-123H,9-23H2,1-8H3,(H,85,95)(H,86,96)(H,124,125)(H,126,127)/t26-,27-,28-,29-,30+,31+,32+,33+,34+,35+,36+,37+,38+,39+,40+,41+,42+,43+,44+,45-,46-,47+,48+,49+,50-,51-,52-,53+,54+,55+,56+,57+,58+,59+,60+,61+,62+,63+,64+,65-,66+,67+,68-,69-,70-,71+,72+,73+,74+,75-,76-,77-,78+,83-,84-/m0/s1. The molecule has 37 N–H and O–H groups in total. The van der Waals surface area contributed by atoms with Crippen molar-refractivity contribution in [1.29, 1.82) is 0 Å². The molecule has 11 rings (SSSR count). The number of likely N-dealkylation sites (N-methyl/N-ethyl adjacent to an activating group) is 2. The van der Waals surface area contributed by atoms with Crippen LogP contribution in [0, 0.1) is 0 Å². The summed E-state index contributed by atoms with van der Waals surface area (Å²) in [6.07, 6.45) is -106. The van der Waals surface area contributed by atoms with Crippen LogP contribution in [0.2, 0.25) is 0 Å². The number of amides is 2. The number of carbonyl (C=O) groups excluding carboxylic acids is 2. The number of ether oxygens (including phenoxy) is 21. The zero-order chi connectivity index (χ0) is 110. The number of carbonyl (C=O) groups is 4. The Hall–Kier alpha value is -4.36. The van der Waals surface area contributed by atoms with Crippen molar-refractivity contribution in [1.82, 2.24) is 20.4 Å². The fourth-order valence-corrected chi connectivity index (χ4v) is 19.4. The molecule has 0 aromatic heterocycles. The molecule has 11 aliphatic heterocycles. The second-order valence-electron chi connectivity index (χ2n) is 39.5. The van der Waals surface area contributed by atoms with Crippen LogP contribution >= 0.6 is 0 Å². The third kappa shape index (κ3) is 27.9. The Morgan fingerprint density at radius 3 is 1.06 bits per heavy atom. The maximum absolute atomic E-state index is 13.1. The number of nitrogens with one attached hydrogen (secondary N) is 2. The Bertz CT molecular complexity index is 4140. The van der Waals surface area contributed by atoms with E-state index in [0.717, 1.165) is 18.7 Å². The Morgan fingerprint density at radius 2 is 0.676 bits per heavy atom. The number of aliphatic hydroxyl groups excluding tert-OH is 33. The van der Waals surface area contributed by atoms with Crippen LogP contribution in [-0.2, 0) is 119 Å². The van der Waals surface area contributed by atoms with Crippen LogP contribution in [0.5, 0.6) is 0 Å². The second kappa shape index (κ2) is 52.0. The molecule has 148 heavy (non-hydrogen) atoms. The topological polar surface area (TPSA) is 1000 Å². The molecule has 64 nitrogen and oxygen atoms in total. The molecule has 0 radical (unpaired) electrons. The lowest BCUT2D eigenvalue weighted by Crippen LogP contribution is -2.70. The molecule has 860 valence electrons. The van der Waals surface area contributed by atoms with Gasteiger partial charge in [0.1, 0.15) is 244 Å². The van der Waals surface area contributed by atoms with Crippen molar-refractivity contribution >= 4 is 23.8 Å². The average molecular weight is 2170 g/mol. The summed E-state index contributed by atoms with van der Waals surface area (Å²) in [6.45, 7) is -4.03. The van der Waals surface area contributed by atoms with E-state index < -0.39 is 470 Å². The summed E-state index contributed by atoms with van der Waals surface area (Å²) in [5, 5.41) is 392. The predicted octanol–water partition coefficient (Wildman–Crippen LogP) is -23.6. The van der Waals surface area contributed by atoms with Crippen LogP contribution in [0.1, 0.15) is 54.4 Å². The van der Waals surface area contributed by atoms with E-state index in [1.165, 1.54) is 19.0 Å². The first kappa shape index (κ1) is 124. The number of rotatable bonds is 47. The highest BCUT2D eigenvalue weighted by Gasteiger charge is 2.67. The number of hydrogen-bond acceptors (Lipinski definition) is 60. The van der Waals surface area contributed by atoms with Gasteiger partial charge in [0, 0.05) is 52.9 Å². The first-order valence-corrected chi connectivity index (χ1v) is 47.5. The molecule has 0 aliphatic carbocycles. The lowest BCUT2D eigenvalue weighted by atomic mass is 9.88. The number of carboxylic acids is 2. The third-order valence-corrected chi connectivity index (χ3v) is 27.3. The van der Waals surface area contributed by atoms with Gasteiger partial charge in [-0.05, 0) is 41.8 Å². The van der Waals surface area contributed by atoms with Crippen molar-refractivity contribution in [3.8, 4) is 0 Å². The van der Waals surface area contributed by atoms with Gasteiger partial charge in [0.15, 0.2) is 55.6 Å². The third-order valence-electron chi connectivity index (χ3n) is 27.3. The van der Waals surface area contributed by atoms with Crippen molar-refractivity contribution < 1.29 is 297 Å². The van der Waals surface area contributed by atoms with Crippen molar-refractivity contribution in [2.75, 3.05) is 99.7 Å². The molecular formula is C84H144N4O60. The molecule has 64 heteroatoms. The summed E-state index contributed by atoms with van der Waals surface area (Å²) in [6, 6.07) is -3.40. The summed E-state index contributed by atoms with van der Waals surface area (Å²) in [5.41, 5.74) is 0. The maximum atomic E-state index is 13.1. The van der Waals surface area contributed by atoms with E-state index in [0.29, 0.717) is 0 Å². The van der Waals surface area contributed by atoms with Crippen LogP contribution in [0.25, 0.3) is 0 Å². The second-order valence-corrected chi connectivity index (χ2v) is 39.5. The Kier molecular flexibility index (Phi) is 43.5. The summed E-state index contributed by atoms with van der Waals surface area (Å²) in [7, 11) is 2.50. The quantitative estimate of drug-likeness (QED) is 0.0269. The Balaban J connectivity index is 0.704. The fourth-order valence-electron chi connectivity index (χ4n) is 19.4. The lowest BCUT2D eigenvalue weighted by molar-refractivity contribution is -0.386. The van der Waals surface area contributed by atoms with E-state index in [1.807, 2.05) is 0 Å². The summed E-state index contributed by atoms with van der Waals surface area (Å²) < 4.78 is 123. The number of hydrogen-bond donors (Lipinski definition) is 37. The summed E-state index contributed by atoms with van der Waals surface area (Å²) in [5.74, 6) is -14.8. The van der Waals surface area contributed by atoms with Gasteiger partial charge >= 0.3 is 11.9 Å². The molecular weight excluding hydrogens is 2020 g/mol. The van der Waals surface area contributed by atoms with Crippen molar-refractivity contribution in [2.24, 2.45) is 0 Å². The fraction of sp³-hybridized carbons (Fsp3) is 0.952. The monoisotopic (exact) mass is 2170 g/mol. The molecule has 0 aromatic rings. The molecule has 0 spiro atoms. The smallest absolute Gasteiger partial charge is 0.364 e. The number of carboxylic acid groups (broad SMARTS) is 2. The predicted molar refractivity (Wildman–Crippen MR) is 461 cm³/mol. The van der Waals surface area contributed by atoms with Crippen LogP contribution in [0.4, 0.5) is 0 Å². The van der Waals surface area contributed by atoms with Gasteiger partial charge < -0.3 is 299 Å². The van der Waals surface area contributed by atoms with E-state index in [1.54, 1.807) is 27.7 Å². The van der Waals surface area contributed by atoms with Gasteiger partial charge in [-0.15, -0.1) is 0 Å². The molecule has 0 unspecified atom stereocenters. The van der Waals surface area contributed by atoms with E-state index in [2.05, 4.69) is 10.6 Å². The highest BCUT2D eigenvalue weighted by molar-refractivity contribution is 5.77. The normalized spacial score (nSPS) is 44.2. The minimum Gasteiger partial charge on any atom is -0.477 e. The summed E-state index contributed by atoms with van der Waals surface area (Å²) in [4.78, 5) is 52.7. The van der Waals surface area contributed by atoms with Gasteiger partial charge in [-0.3, -0.25) is 9.59 Å². The molecule has 0 saturated carbocycles. The molecule has 11 fully saturated rings. The lowest BCUT2D eigenvalue weighted by Gasteiger charge is -2.50. The first-order valence-electron chi connectivity index (χ1n) is 47.5. The van der Waals surface area contributed by atoms with Crippen LogP contribution in [0.3, 0.4) is 0 Å². The highest BCUT2D eigenvalue weighted by Crippen LogP contribution is 2.47. The van der Waals surface area contributed by atoms with E-state index in [-0.39, 0.29) is 0 Å². The van der Waals surface area contributed by atoms with Crippen LogP contribution in [0.15, 0.2) is 0 Å². The van der Waals surface area contributed by atoms with Gasteiger partial charge in [-0.2, -0.15) is 0 Å². The molecule has 0 aromatic carbocycles. The maximum Gasteiger partial charge on any atom is 0.364 e. The first-order chi connectivity index (χ1) is 69.3. The Morgan fingerprint density at radius 1 is 0.345 bits per heavy atom. The van der Waals surface area contributed by atoms with Gasteiger partial charge in [0.05, 0.1) is 96.0 Å². The SMILES string of the molecule is CC(=O)N[C@H]1[C@H]([C@H](O)[C@H](O)CO)O[C@@](O[C@H]2[C@@H](O)[C@@H](CO)O[C@@H](O[C@H]3[C@H](O)[C@@H](O)[C@H](OC[C@@H](O)[C@H](O)[C@H](O)[C@@H](O)CN(C)C[C@H]4O[C@@H](O[C@H]5[C@H](O)[C@@H](O)[C@H](OC[C@H]6O[C@@H]7OC(C)(C)O[C@@H]7[C@H]7OC(C)(C)O[C@H]76)O[C@@H]5CN(C)C[C@H](O)[C@@H](O)[C@@H](O)[C@H](O)CO[C@@H]5O[C@H](CO)[C@@H](O[C@@H]6O[C@H](CO)[C@H](O)[C@H](O[C@]7(C(=O)O)C[C@H](O)[C@@H](NC(C)=O)[C@H]([C@H](O)[C@H](O)CO)O7)[C@H]6O)[C@H](O)[C@H]5O)[C@H](O)[C@@H](O)[C@@H]4O)O[C@@H]3CO)[C@@H]2O)(C(=O)O)C[C@@H]1O. The van der Waals surface area contributed by atoms with Crippen molar-refractivity contribution in [2.45, 2.75) is 402 Å². The van der Waals surface area contributed by atoms with Gasteiger partial charge in [-0.25, -0.2) is 9.59 Å². The zero-order valence-corrected chi connectivity index (χ0v) is 81.0. The minimum atomic E-state index is -3.24. The minimum absolute atomic E-state index is 0.515. The van der Waals surface area contributed by atoms with E-state index in [4.69, 9.17) is 99.5 Å². The molecule has 11 heterocycles. The van der Waals surface area contributed by atoms with Crippen LogP contribution < -0.4 is 10.6 Å². The van der Waals surface area contributed by atoms with Gasteiger partial charge in [0.25, 0.3) is 11.6 Å². The molecule has 11 saturated heterocycles. The molecule has 2 amide bonds. The van der Waals surface area contributed by atoms with Crippen LogP contribution in [-0.4, -0.2) is 660 Å². The molecule has 0 bridgehead atoms. The zero-order valence-electron chi connectivity index (χ0n) is 81.0. The number of nitrogens with zero attached hydrogens (tertiary/aromatic N) is 2. The van der Waals surface area contributed by atoms with E-state index >= 15 is 0 Å². The highest BCUT2D eigenvalue weighted by atomic mass is 16.9. The number of aliphatic hydroxyl groups is 33. The number of aliphatic carboxylic acids is 2. The molecule has 11 aliphatic rings. The van der Waals surface area contributed by atoms with Crippen molar-refractivity contribution in [3.63, 3.8) is 0 Å². The van der Waals surface area contributed by atoms with Gasteiger partial charge in [0.2, 0.25) is 11.8 Å². The largest absolute Gasteiger partial charge is 0.477 e. The molecule has 55 atom stereocenters. The average Bonchev–Trinajstić information content (AvgIpc) is 1.59. The Labute approximate surface area is 840 Å².